The molecule has 0 spiro atoms. The van der Waals surface area contributed by atoms with Crippen LogP contribution in [0.25, 0.3) is 0 Å². The van der Waals surface area contributed by atoms with Gasteiger partial charge in [0.05, 0.1) is 12.7 Å². The maximum atomic E-state index is 13.4. The summed E-state index contributed by atoms with van der Waals surface area (Å²) in [6.07, 6.45) is 5.87. The highest BCUT2D eigenvalue weighted by atomic mass is 79.9. The Morgan fingerprint density at radius 3 is 2.54 bits per heavy atom. The van der Waals surface area contributed by atoms with Gasteiger partial charge in [0.15, 0.2) is 11.5 Å². The van der Waals surface area contributed by atoms with Crippen LogP contribution in [0.5, 0.6) is 11.5 Å². The quantitative estimate of drug-likeness (QED) is 0.217. The van der Waals surface area contributed by atoms with Crippen LogP contribution >= 0.6 is 27.3 Å². The van der Waals surface area contributed by atoms with Crippen molar-refractivity contribution in [1.82, 2.24) is 0 Å². The van der Waals surface area contributed by atoms with Crippen molar-refractivity contribution in [3.63, 3.8) is 0 Å². The molecule has 0 saturated carbocycles. The zero-order valence-corrected chi connectivity index (χ0v) is 22.9. The number of ether oxygens (including phenoxy) is 2. The number of carbonyl (C=O) groups is 1. The first kappa shape index (κ1) is 25.2. The van der Waals surface area contributed by atoms with Crippen molar-refractivity contribution in [3.05, 3.63) is 104 Å². The third-order valence-electron chi connectivity index (χ3n) is 6.23. The van der Waals surface area contributed by atoms with Crippen LogP contribution in [0, 0.1) is 0 Å². The van der Waals surface area contributed by atoms with Gasteiger partial charge in [-0.25, -0.2) is 4.99 Å². The van der Waals surface area contributed by atoms with E-state index in [4.69, 9.17) is 14.5 Å². The van der Waals surface area contributed by atoms with E-state index in [0.717, 1.165) is 52.5 Å². The number of aliphatic imine (C=N–C) groups is 1. The number of carbonyl (C=O) groups excluding carboxylic acids is 1. The highest BCUT2D eigenvalue weighted by Gasteiger charge is 2.25. The molecule has 37 heavy (non-hydrogen) atoms. The van der Waals surface area contributed by atoms with Crippen molar-refractivity contribution in [2.45, 2.75) is 32.3 Å². The molecule has 1 amide bonds. The number of methoxy groups -OCH3 is 1. The Morgan fingerprint density at radius 2 is 1.78 bits per heavy atom. The molecule has 1 aromatic heterocycles. The summed E-state index contributed by atoms with van der Waals surface area (Å²) in [5.41, 5.74) is 4.40. The van der Waals surface area contributed by atoms with Crippen LogP contribution in [0.3, 0.4) is 0 Å². The molecule has 0 saturated heterocycles. The van der Waals surface area contributed by atoms with Gasteiger partial charge in [0, 0.05) is 26.8 Å². The summed E-state index contributed by atoms with van der Waals surface area (Å²) >= 11 is 5.18. The second kappa shape index (κ2) is 11.8. The molecule has 0 unspecified atom stereocenters. The van der Waals surface area contributed by atoms with Crippen LogP contribution in [0.4, 0.5) is 10.7 Å². The van der Waals surface area contributed by atoms with E-state index in [0.29, 0.717) is 28.7 Å². The van der Waals surface area contributed by atoms with Crippen molar-refractivity contribution < 1.29 is 14.3 Å². The highest BCUT2D eigenvalue weighted by Crippen LogP contribution is 2.41. The molecule has 188 valence electrons. The second-order valence-corrected chi connectivity index (χ2v) is 10.8. The molecule has 5 nitrogen and oxygen atoms in total. The van der Waals surface area contributed by atoms with Gasteiger partial charge in [-0.15, -0.1) is 11.3 Å². The lowest BCUT2D eigenvalue weighted by Gasteiger charge is -2.14. The maximum Gasteiger partial charge on any atom is 0.259 e. The van der Waals surface area contributed by atoms with Crippen molar-refractivity contribution in [2.75, 3.05) is 12.4 Å². The van der Waals surface area contributed by atoms with E-state index in [1.54, 1.807) is 24.7 Å². The fraction of sp³-hybridized carbons (Fsp3) is 0.200. The molecule has 3 aromatic carbocycles. The fourth-order valence-electron chi connectivity index (χ4n) is 4.44. The van der Waals surface area contributed by atoms with Crippen molar-refractivity contribution in [2.24, 2.45) is 4.99 Å². The minimum atomic E-state index is -0.120. The van der Waals surface area contributed by atoms with Crippen LogP contribution in [0.15, 0.2) is 82.3 Å². The third-order valence-corrected chi connectivity index (χ3v) is 7.88. The number of halogens is 1. The Balaban J connectivity index is 1.49. The van der Waals surface area contributed by atoms with Gasteiger partial charge < -0.3 is 14.8 Å². The molecule has 1 aliphatic carbocycles. The monoisotopic (exact) mass is 574 g/mol. The van der Waals surface area contributed by atoms with E-state index in [1.807, 2.05) is 72.8 Å². The number of hydrogen-bond donors (Lipinski definition) is 1. The van der Waals surface area contributed by atoms with Crippen LogP contribution in [-0.2, 0) is 19.4 Å². The van der Waals surface area contributed by atoms with Gasteiger partial charge in [-0.05, 0) is 61.1 Å². The summed E-state index contributed by atoms with van der Waals surface area (Å²) in [7, 11) is 1.62. The lowest BCUT2D eigenvalue weighted by Crippen LogP contribution is -2.14. The molecule has 1 heterocycles. The molecule has 0 radical (unpaired) electrons. The van der Waals surface area contributed by atoms with E-state index < -0.39 is 0 Å². The third kappa shape index (κ3) is 5.95. The zero-order valence-electron chi connectivity index (χ0n) is 20.5. The summed E-state index contributed by atoms with van der Waals surface area (Å²) in [5.74, 6) is 1.10. The number of anilines is 1. The standard InChI is InChI=1S/C30H27BrN2O3S/c1-35-25-17-22(31)16-21(28(25)36-19-20-10-4-2-5-11-20)18-32-30-27(24-14-8-9-15-26(24)37-30)29(34)33-23-12-6-3-7-13-23/h2-7,10-13,16-18H,8-9,14-15,19H2,1H3,(H,33,34). The van der Waals surface area contributed by atoms with Crippen molar-refractivity contribution in [1.29, 1.82) is 0 Å². The summed E-state index contributed by atoms with van der Waals surface area (Å²) < 4.78 is 12.7. The average molecular weight is 576 g/mol. The van der Waals surface area contributed by atoms with Crippen molar-refractivity contribution in [3.8, 4) is 11.5 Å². The second-order valence-electron chi connectivity index (χ2n) is 8.77. The molecule has 4 aromatic rings. The molecule has 7 heteroatoms. The molecule has 1 aliphatic rings. The summed E-state index contributed by atoms with van der Waals surface area (Å²) in [6, 6.07) is 23.4. The van der Waals surface area contributed by atoms with Gasteiger partial charge in [-0.2, -0.15) is 0 Å². The molecular formula is C30H27BrN2O3S. The van der Waals surface area contributed by atoms with E-state index in [1.165, 1.54) is 4.88 Å². The molecule has 0 fully saturated rings. The normalized spacial score (nSPS) is 12.8. The Morgan fingerprint density at radius 1 is 1.05 bits per heavy atom. The number of nitrogens with zero attached hydrogens (tertiary/aromatic N) is 1. The summed E-state index contributed by atoms with van der Waals surface area (Å²) in [6.45, 7) is 0.400. The number of thiophene rings is 1. The minimum absolute atomic E-state index is 0.120. The molecule has 0 aliphatic heterocycles. The van der Waals surface area contributed by atoms with Gasteiger partial charge in [0.1, 0.15) is 11.6 Å². The maximum absolute atomic E-state index is 13.4. The lowest BCUT2D eigenvalue weighted by molar-refractivity contribution is 0.102. The number of para-hydroxylation sites is 1. The van der Waals surface area contributed by atoms with Gasteiger partial charge in [0.25, 0.3) is 5.91 Å². The SMILES string of the molecule is COc1cc(Br)cc(C=Nc2sc3c(c2C(=O)Nc2ccccc2)CCCC3)c1OCc1ccccc1. The molecule has 1 N–H and O–H groups in total. The Bertz CT molecular complexity index is 1420. The molecule has 5 rings (SSSR count). The fourth-order valence-corrected chi connectivity index (χ4v) is 6.13. The van der Waals surface area contributed by atoms with E-state index in [-0.39, 0.29) is 5.91 Å². The number of aryl methyl sites for hydroxylation is 1. The van der Waals surface area contributed by atoms with E-state index in [9.17, 15) is 4.79 Å². The molecule has 0 atom stereocenters. The van der Waals surface area contributed by atoms with Crippen molar-refractivity contribution >= 4 is 50.1 Å². The Kier molecular flexibility index (Phi) is 8.02. The topological polar surface area (TPSA) is 59.9 Å². The van der Waals surface area contributed by atoms with Gasteiger partial charge in [-0.3, -0.25) is 4.79 Å². The average Bonchev–Trinajstić information content (AvgIpc) is 3.30. The zero-order chi connectivity index (χ0) is 25.6. The largest absolute Gasteiger partial charge is 0.493 e. The highest BCUT2D eigenvalue weighted by molar-refractivity contribution is 9.10. The van der Waals surface area contributed by atoms with Crippen LogP contribution in [0.1, 0.15) is 44.8 Å². The lowest BCUT2D eigenvalue weighted by atomic mass is 9.95. The smallest absolute Gasteiger partial charge is 0.259 e. The van der Waals surface area contributed by atoms with E-state index in [2.05, 4.69) is 21.2 Å². The summed E-state index contributed by atoms with van der Waals surface area (Å²) in [5, 5.41) is 3.77. The first-order chi connectivity index (χ1) is 18.1. The van der Waals surface area contributed by atoms with Gasteiger partial charge in [-0.1, -0.05) is 64.5 Å². The van der Waals surface area contributed by atoms with Crippen LogP contribution in [0.2, 0.25) is 0 Å². The van der Waals surface area contributed by atoms with Gasteiger partial charge in [0.2, 0.25) is 0 Å². The van der Waals surface area contributed by atoms with E-state index >= 15 is 0 Å². The van der Waals surface area contributed by atoms with Crippen LogP contribution in [-0.4, -0.2) is 19.2 Å². The molecular weight excluding hydrogens is 548 g/mol. The first-order valence-electron chi connectivity index (χ1n) is 12.2. The van der Waals surface area contributed by atoms with Crippen LogP contribution < -0.4 is 14.8 Å². The number of benzene rings is 3. The summed E-state index contributed by atoms with van der Waals surface area (Å²) in [4.78, 5) is 19.5. The number of rotatable bonds is 8. The number of amides is 1. The minimum Gasteiger partial charge on any atom is -0.493 e. The first-order valence-corrected chi connectivity index (χ1v) is 13.8. The molecule has 0 bridgehead atoms. The Labute approximate surface area is 229 Å². The Hall–Kier alpha value is -3.42. The van der Waals surface area contributed by atoms with Gasteiger partial charge >= 0.3 is 0 Å². The predicted octanol–water partition coefficient (Wildman–Crippen LogP) is 7.98. The number of hydrogen-bond acceptors (Lipinski definition) is 5. The number of fused-ring (bicyclic) bond motifs is 1. The number of nitrogens with one attached hydrogen (secondary N) is 1. The predicted molar refractivity (Wildman–Crippen MR) is 154 cm³/mol.